The number of benzene rings is 3. The molecule has 104 valence electrons. The van der Waals surface area contributed by atoms with E-state index < -0.39 is 0 Å². The Kier molecular flexibility index (Phi) is 3.01. The first-order valence-corrected chi connectivity index (χ1v) is 7.66. The molecule has 0 amide bonds. The van der Waals surface area contributed by atoms with Gasteiger partial charge in [-0.15, -0.1) is 0 Å². The Bertz CT molecular complexity index is 790. The van der Waals surface area contributed by atoms with E-state index >= 15 is 0 Å². The minimum Gasteiger partial charge on any atom is -0.324 e. The van der Waals surface area contributed by atoms with Gasteiger partial charge < -0.3 is 5.73 Å². The first kappa shape index (κ1) is 12.6. The quantitative estimate of drug-likeness (QED) is 0.761. The number of rotatable bonds is 3. The lowest BCUT2D eigenvalue weighted by atomic mass is 9.92. The van der Waals surface area contributed by atoms with Crippen molar-refractivity contribution >= 4 is 10.8 Å². The van der Waals surface area contributed by atoms with Crippen LogP contribution in [-0.4, -0.2) is 0 Å². The van der Waals surface area contributed by atoms with E-state index in [1.165, 1.54) is 33.0 Å². The average molecular weight is 273 g/mol. The van der Waals surface area contributed by atoms with Crippen molar-refractivity contribution in [1.29, 1.82) is 0 Å². The molecule has 21 heavy (non-hydrogen) atoms. The number of hydrogen-bond acceptors (Lipinski definition) is 1. The molecule has 4 rings (SSSR count). The summed E-state index contributed by atoms with van der Waals surface area (Å²) in [5.41, 5.74) is 12.1. The maximum atomic E-state index is 6.52. The molecule has 0 spiro atoms. The third-order valence-corrected chi connectivity index (χ3v) is 4.62. The molecule has 0 aliphatic heterocycles. The van der Waals surface area contributed by atoms with E-state index in [1.54, 1.807) is 0 Å². The van der Waals surface area contributed by atoms with Gasteiger partial charge in [0.25, 0.3) is 0 Å². The van der Waals surface area contributed by atoms with Crippen LogP contribution in [0.15, 0.2) is 60.7 Å². The van der Waals surface area contributed by atoms with Crippen LogP contribution in [0.25, 0.3) is 10.8 Å². The fraction of sp³-hybridized carbons (Fsp3) is 0.200. The topological polar surface area (TPSA) is 26.0 Å². The highest BCUT2D eigenvalue weighted by Crippen LogP contribution is 2.35. The first-order valence-electron chi connectivity index (χ1n) is 7.66. The Morgan fingerprint density at radius 2 is 1.71 bits per heavy atom. The van der Waals surface area contributed by atoms with Crippen LogP contribution < -0.4 is 5.73 Å². The molecule has 0 saturated carbocycles. The van der Waals surface area contributed by atoms with Crippen LogP contribution in [0.5, 0.6) is 0 Å². The van der Waals surface area contributed by atoms with E-state index in [2.05, 4.69) is 60.7 Å². The Hall–Kier alpha value is -2.12. The van der Waals surface area contributed by atoms with Gasteiger partial charge in [0.15, 0.2) is 0 Å². The first-order chi connectivity index (χ1) is 10.3. The highest BCUT2D eigenvalue weighted by atomic mass is 14.6. The molecule has 1 nitrogen and oxygen atoms in total. The van der Waals surface area contributed by atoms with Gasteiger partial charge >= 0.3 is 0 Å². The molecule has 1 aliphatic rings. The Morgan fingerprint density at radius 3 is 2.57 bits per heavy atom. The lowest BCUT2D eigenvalue weighted by Crippen LogP contribution is -2.15. The Balaban J connectivity index is 1.75. The minimum atomic E-state index is 0.0814. The van der Waals surface area contributed by atoms with Crippen molar-refractivity contribution in [2.75, 3.05) is 0 Å². The molecule has 0 saturated heterocycles. The fourth-order valence-corrected chi connectivity index (χ4v) is 3.61. The summed E-state index contributed by atoms with van der Waals surface area (Å²) in [6, 6.07) is 21.7. The predicted molar refractivity (Wildman–Crippen MR) is 88.4 cm³/mol. The van der Waals surface area contributed by atoms with Gasteiger partial charge in [0.1, 0.15) is 0 Å². The van der Waals surface area contributed by atoms with Crippen LogP contribution in [-0.2, 0) is 19.3 Å². The zero-order valence-corrected chi connectivity index (χ0v) is 12.0. The van der Waals surface area contributed by atoms with Gasteiger partial charge in [-0.05, 0) is 52.3 Å². The van der Waals surface area contributed by atoms with Crippen molar-refractivity contribution in [2.24, 2.45) is 5.73 Å². The Morgan fingerprint density at radius 1 is 0.857 bits per heavy atom. The standard InChI is InChI=1S/C20H19N/c21-19(13-14-5-2-1-3-6-14)17-11-9-15-7-4-8-16-10-12-18(17)20(15)16/h1-9,11,19H,10,12-13,21H2/t19-/m1/s1. The fourth-order valence-electron chi connectivity index (χ4n) is 3.61. The summed E-state index contributed by atoms with van der Waals surface area (Å²) in [7, 11) is 0. The molecule has 1 atom stereocenters. The van der Waals surface area contributed by atoms with Gasteiger partial charge in [-0.3, -0.25) is 0 Å². The summed E-state index contributed by atoms with van der Waals surface area (Å²) in [5.74, 6) is 0. The summed E-state index contributed by atoms with van der Waals surface area (Å²) in [6.07, 6.45) is 3.19. The minimum absolute atomic E-state index is 0.0814. The van der Waals surface area contributed by atoms with Crippen molar-refractivity contribution in [3.05, 3.63) is 82.9 Å². The lowest BCUT2D eigenvalue weighted by Gasteiger charge is -2.16. The number of aryl methyl sites for hydroxylation is 2. The molecular formula is C20H19N. The maximum Gasteiger partial charge on any atom is 0.0338 e. The van der Waals surface area contributed by atoms with Gasteiger partial charge in [-0.1, -0.05) is 60.7 Å². The van der Waals surface area contributed by atoms with Gasteiger partial charge in [0.05, 0.1) is 0 Å². The molecule has 0 bridgehead atoms. The molecule has 0 fully saturated rings. The van der Waals surface area contributed by atoms with Gasteiger partial charge in [0, 0.05) is 6.04 Å². The third kappa shape index (κ3) is 2.14. The molecule has 0 heterocycles. The normalized spacial score (nSPS) is 14.5. The van der Waals surface area contributed by atoms with Crippen molar-refractivity contribution in [1.82, 2.24) is 0 Å². The molecular weight excluding hydrogens is 254 g/mol. The zero-order valence-electron chi connectivity index (χ0n) is 12.0. The van der Waals surface area contributed by atoms with E-state index in [0.29, 0.717) is 0 Å². The van der Waals surface area contributed by atoms with Crippen LogP contribution in [0, 0.1) is 0 Å². The third-order valence-electron chi connectivity index (χ3n) is 4.62. The number of hydrogen-bond donors (Lipinski definition) is 1. The van der Waals surface area contributed by atoms with Crippen molar-refractivity contribution in [3.8, 4) is 0 Å². The average Bonchev–Trinajstić information content (AvgIpc) is 2.95. The molecule has 3 aromatic rings. The second-order valence-corrected chi connectivity index (χ2v) is 5.94. The van der Waals surface area contributed by atoms with Gasteiger partial charge in [0.2, 0.25) is 0 Å². The molecule has 2 N–H and O–H groups in total. The molecule has 0 aromatic heterocycles. The summed E-state index contributed by atoms with van der Waals surface area (Å²) >= 11 is 0. The van der Waals surface area contributed by atoms with Crippen molar-refractivity contribution < 1.29 is 0 Å². The van der Waals surface area contributed by atoms with Gasteiger partial charge in [-0.25, -0.2) is 0 Å². The summed E-state index contributed by atoms with van der Waals surface area (Å²) in [6.45, 7) is 0. The Labute approximate surface area is 125 Å². The van der Waals surface area contributed by atoms with Crippen LogP contribution in [0.3, 0.4) is 0 Å². The van der Waals surface area contributed by atoms with E-state index in [-0.39, 0.29) is 6.04 Å². The van der Waals surface area contributed by atoms with Gasteiger partial charge in [-0.2, -0.15) is 0 Å². The number of nitrogens with two attached hydrogens (primary N) is 1. The molecule has 1 heteroatoms. The summed E-state index contributed by atoms with van der Waals surface area (Å²) in [4.78, 5) is 0. The monoisotopic (exact) mass is 273 g/mol. The molecule has 3 aromatic carbocycles. The molecule has 1 aliphatic carbocycles. The zero-order chi connectivity index (χ0) is 14.2. The van der Waals surface area contributed by atoms with Crippen LogP contribution >= 0.6 is 0 Å². The van der Waals surface area contributed by atoms with Crippen molar-refractivity contribution in [2.45, 2.75) is 25.3 Å². The largest absolute Gasteiger partial charge is 0.324 e. The van der Waals surface area contributed by atoms with Crippen LogP contribution in [0.1, 0.15) is 28.3 Å². The van der Waals surface area contributed by atoms with Crippen molar-refractivity contribution in [3.63, 3.8) is 0 Å². The molecule has 0 radical (unpaired) electrons. The maximum absolute atomic E-state index is 6.52. The van der Waals surface area contributed by atoms with Crippen LogP contribution in [0.2, 0.25) is 0 Å². The van der Waals surface area contributed by atoms with E-state index in [0.717, 1.165) is 19.3 Å². The highest BCUT2D eigenvalue weighted by molar-refractivity contribution is 5.91. The van der Waals surface area contributed by atoms with E-state index in [4.69, 9.17) is 5.73 Å². The highest BCUT2D eigenvalue weighted by Gasteiger charge is 2.20. The predicted octanol–water partition coefficient (Wildman–Crippen LogP) is 4.18. The lowest BCUT2D eigenvalue weighted by molar-refractivity contribution is 0.713. The smallest absolute Gasteiger partial charge is 0.0338 e. The van der Waals surface area contributed by atoms with E-state index in [9.17, 15) is 0 Å². The molecule has 0 unspecified atom stereocenters. The summed E-state index contributed by atoms with van der Waals surface area (Å²) < 4.78 is 0. The summed E-state index contributed by atoms with van der Waals surface area (Å²) in [5, 5.41) is 2.81. The second-order valence-electron chi connectivity index (χ2n) is 5.94. The van der Waals surface area contributed by atoms with E-state index in [1.807, 2.05) is 0 Å². The second kappa shape index (κ2) is 5.01. The SMILES string of the molecule is N[C@H](Cc1ccccc1)c1ccc2cccc3c2c1CC3. The van der Waals surface area contributed by atoms with Crippen LogP contribution in [0.4, 0.5) is 0 Å².